The summed E-state index contributed by atoms with van der Waals surface area (Å²) in [4.78, 5) is 29.4. The van der Waals surface area contributed by atoms with Crippen LogP contribution in [-0.2, 0) is 11.3 Å². The number of ether oxygens (including phenoxy) is 3. The highest BCUT2D eigenvalue weighted by atomic mass is 16.5. The minimum absolute atomic E-state index is 0.0108. The van der Waals surface area contributed by atoms with Gasteiger partial charge in [0.05, 0.1) is 38.4 Å². The first-order valence-corrected chi connectivity index (χ1v) is 12.0. The monoisotopic (exact) mass is 492 g/mol. The number of nitrogens with zero attached hydrogens (tertiary/aromatic N) is 4. The SMILES string of the molecule is CCOC(=O)c1cnn(-c2ccc(C(=O)N3CCN(Cc4ccc(OC)c(OC)c4)CC3)cc2)c1C. The second-order valence-electron chi connectivity index (χ2n) is 8.58. The molecule has 0 N–H and O–H groups in total. The minimum atomic E-state index is -0.390. The van der Waals surface area contributed by atoms with Crippen LogP contribution in [0.15, 0.2) is 48.7 Å². The first-order valence-electron chi connectivity index (χ1n) is 12.0. The zero-order chi connectivity index (χ0) is 25.7. The molecule has 2 aromatic carbocycles. The molecule has 9 heteroatoms. The molecule has 0 bridgehead atoms. The van der Waals surface area contributed by atoms with Crippen LogP contribution in [0, 0.1) is 6.92 Å². The Hall–Kier alpha value is -3.85. The van der Waals surface area contributed by atoms with Crippen LogP contribution in [0.1, 0.15) is 38.9 Å². The van der Waals surface area contributed by atoms with E-state index in [9.17, 15) is 9.59 Å². The number of rotatable bonds is 8. The fourth-order valence-corrected chi connectivity index (χ4v) is 4.35. The van der Waals surface area contributed by atoms with Gasteiger partial charge in [-0.2, -0.15) is 5.10 Å². The Morgan fingerprint density at radius 3 is 2.28 bits per heavy atom. The number of piperazine rings is 1. The third-order valence-corrected chi connectivity index (χ3v) is 6.38. The number of aromatic nitrogens is 2. The number of esters is 1. The van der Waals surface area contributed by atoms with Gasteiger partial charge in [0.1, 0.15) is 5.56 Å². The summed E-state index contributed by atoms with van der Waals surface area (Å²) < 4.78 is 17.5. The van der Waals surface area contributed by atoms with E-state index in [1.165, 1.54) is 6.20 Å². The average molecular weight is 493 g/mol. The van der Waals surface area contributed by atoms with Crippen molar-refractivity contribution in [3.63, 3.8) is 0 Å². The van der Waals surface area contributed by atoms with Gasteiger partial charge >= 0.3 is 5.97 Å². The van der Waals surface area contributed by atoms with Crippen molar-refractivity contribution in [3.05, 3.63) is 71.0 Å². The number of carbonyl (C=O) groups excluding carboxylic acids is 2. The van der Waals surface area contributed by atoms with Crippen LogP contribution in [0.3, 0.4) is 0 Å². The van der Waals surface area contributed by atoms with E-state index < -0.39 is 5.97 Å². The van der Waals surface area contributed by atoms with E-state index in [2.05, 4.69) is 10.00 Å². The van der Waals surface area contributed by atoms with Gasteiger partial charge in [-0.1, -0.05) is 6.07 Å². The Morgan fingerprint density at radius 2 is 1.64 bits per heavy atom. The number of hydrogen-bond donors (Lipinski definition) is 0. The summed E-state index contributed by atoms with van der Waals surface area (Å²) in [6.07, 6.45) is 1.51. The Kier molecular flexibility index (Phi) is 7.90. The van der Waals surface area contributed by atoms with Crippen molar-refractivity contribution >= 4 is 11.9 Å². The molecule has 1 amide bonds. The molecule has 0 unspecified atom stereocenters. The number of amides is 1. The maximum absolute atomic E-state index is 13.1. The van der Waals surface area contributed by atoms with Crippen molar-refractivity contribution in [2.45, 2.75) is 20.4 Å². The van der Waals surface area contributed by atoms with E-state index in [0.717, 1.165) is 36.6 Å². The molecule has 9 nitrogen and oxygen atoms in total. The highest BCUT2D eigenvalue weighted by Gasteiger charge is 2.23. The van der Waals surface area contributed by atoms with E-state index in [1.54, 1.807) is 38.0 Å². The molecule has 1 saturated heterocycles. The quantitative estimate of drug-likeness (QED) is 0.446. The van der Waals surface area contributed by atoms with Gasteiger partial charge in [-0.25, -0.2) is 9.48 Å². The second kappa shape index (κ2) is 11.3. The van der Waals surface area contributed by atoms with Gasteiger partial charge in [-0.05, 0) is 55.8 Å². The number of methoxy groups -OCH3 is 2. The average Bonchev–Trinajstić information content (AvgIpc) is 3.30. The standard InChI is InChI=1S/C27H32N4O5/c1-5-36-27(33)23-17-28-31(19(23)2)22-9-7-21(8-10-22)26(32)30-14-12-29(13-15-30)18-20-6-11-24(34-3)25(16-20)35-4/h6-11,16-17H,5,12-15,18H2,1-4H3. The summed E-state index contributed by atoms with van der Waals surface area (Å²) >= 11 is 0. The predicted molar refractivity (Wildman–Crippen MR) is 135 cm³/mol. The molecule has 4 rings (SSSR count). The fraction of sp³-hybridized carbons (Fsp3) is 0.370. The van der Waals surface area contributed by atoms with Crippen molar-refractivity contribution in [3.8, 4) is 17.2 Å². The molecule has 1 aromatic heterocycles. The zero-order valence-electron chi connectivity index (χ0n) is 21.2. The lowest BCUT2D eigenvalue weighted by atomic mass is 10.1. The van der Waals surface area contributed by atoms with E-state index in [-0.39, 0.29) is 5.91 Å². The van der Waals surface area contributed by atoms with Gasteiger partial charge < -0.3 is 19.1 Å². The summed E-state index contributed by atoms with van der Waals surface area (Å²) in [7, 11) is 3.26. The summed E-state index contributed by atoms with van der Waals surface area (Å²) in [5, 5.41) is 4.32. The lowest BCUT2D eigenvalue weighted by Gasteiger charge is -2.35. The van der Waals surface area contributed by atoms with Crippen molar-refractivity contribution in [2.75, 3.05) is 47.0 Å². The lowest BCUT2D eigenvalue weighted by Crippen LogP contribution is -2.48. The Balaban J connectivity index is 1.35. The van der Waals surface area contributed by atoms with Crippen molar-refractivity contribution in [2.24, 2.45) is 0 Å². The highest BCUT2D eigenvalue weighted by molar-refractivity contribution is 5.94. The molecule has 3 aromatic rings. The Morgan fingerprint density at radius 1 is 0.944 bits per heavy atom. The highest BCUT2D eigenvalue weighted by Crippen LogP contribution is 2.28. The number of benzene rings is 2. The topological polar surface area (TPSA) is 86.1 Å². The first kappa shape index (κ1) is 25.2. The van der Waals surface area contributed by atoms with Crippen molar-refractivity contribution in [1.29, 1.82) is 0 Å². The van der Waals surface area contributed by atoms with Crippen LogP contribution in [0.25, 0.3) is 5.69 Å². The Labute approximate surface area is 211 Å². The molecule has 0 spiro atoms. The van der Waals surface area contributed by atoms with Gasteiger partial charge in [-0.3, -0.25) is 9.69 Å². The molecule has 1 aliphatic heterocycles. The maximum atomic E-state index is 13.1. The molecule has 2 heterocycles. The fourth-order valence-electron chi connectivity index (χ4n) is 4.35. The van der Waals surface area contributed by atoms with E-state index in [4.69, 9.17) is 14.2 Å². The molecule has 0 radical (unpaired) electrons. The third kappa shape index (κ3) is 5.36. The smallest absolute Gasteiger partial charge is 0.341 e. The predicted octanol–water partition coefficient (Wildman–Crippen LogP) is 3.33. The molecular formula is C27H32N4O5. The van der Waals surface area contributed by atoms with E-state index >= 15 is 0 Å². The molecule has 1 fully saturated rings. The molecule has 0 saturated carbocycles. The molecule has 0 aliphatic carbocycles. The normalized spacial score (nSPS) is 13.9. The van der Waals surface area contributed by atoms with Gasteiger partial charge in [0, 0.05) is 38.3 Å². The molecular weight excluding hydrogens is 460 g/mol. The van der Waals surface area contributed by atoms with Crippen LogP contribution < -0.4 is 9.47 Å². The lowest BCUT2D eigenvalue weighted by molar-refractivity contribution is 0.0525. The third-order valence-electron chi connectivity index (χ3n) is 6.38. The van der Waals surface area contributed by atoms with E-state index in [0.29, 0.717) is 42.3 Å². The van der Waals surface area contributed by atoms with E-state index in [1.807, 2.05) is 42.2 Å². The van der Waals surface area contributed by atoms with Crippen LogP contribution in [0.5, 0.6) is 11.5 Å². The van der Waals surface area contributed by atoms with Gasteiger partial charge in [0.2, 0.25) is 0 Å². The van der Waals surface area contributed by atoms with Crippen molar-refractivity contribution < 1.29 is 23.8 Å². The maximum Gasteiger partial charge on any atom is 0.341 e. The summed E-state index contributed by atoms with van der Waals surface area (Å²) in [5.74, 6) is 1.05. The number of hydrogen-bond acceptors (Lipinski definition) is 7. The van der Waals surface area contributed by atoms with Gasteiger partial charge in [-0.15, -0.1) is 0 Å². The summed E-state index contributed by atoms with van der Waals surface area (Å²) in [5.41, 5.74) is 3.67. The largest absolute Gasteiger partial charge is 0.493 e. The van der Waals surface area contributed by atoms with Gasteiger partial charge in [0.25, 0.3) is 5.91 Å². The first-order chi connectivity index (χ1) is 17.4. The second-order valence-corrected chi connectivity index (χ2v) is 8.58. The van der Waals surface area contributed by atoms with Crippen LogP contribution in [0.4, 0.5) is 0 Å². The van der Waals surface area contributed by atoms with Gasteiger partial charge in [0.15, 0.2) is 11.5 Å². The zero-order valence-corrected chi connectivity index (χ0v) is 21.2. The van der Waals surface area contributed by atoms with Crippen LogP contribution >= 0.6 is 0 Å². The van der Waals surface area contributed by atoms with Crippen molar-refractivity contribution in [1.82, 2.24) is 19.6 Å². The van der Waals surface area contributed by atoms with Crippen LogP contribution in [-0.4, -0.2) is 78.5 Å². The Bertz CT molecular complexity index is 1210. The number of carbonyl (C=O) groups is 2. The minimum Gasteiger partial charge on any atom is -0.493 e. The molecule has 190 valence electrons. The molecule has 1 aliphatic rings. The molecule has 0 atom stereocenters. The molecule has 36 heavy (non-hydrogen) atoms. The van der Waals surface area contributed by atoms with Crippen LogP contribution in [0.2, 0.25) is 0 Å². The summed E-state index contributed by atoms with van der Waals surface area (Å²) in [6.45, 7) is 7.59. The summed E-state index contributed by atoms with van der Waals surface area (Å²) in [6, 6.07) is 13.2.